The van der Waals surface area contributed by atoms with Crippen molar-refractivity contribution in [3.63, 3.8) is 0 Å². The molecule has 3 nitrogen and oxygen atoms in total. The molecule has 0 saturated heterocycles. The SMILES string of the molecule is CCCCCC/C=C/C=C\CCCCCC(O)CC(=O)O. The molecule has 0 amide bonds. The van der Waals surface area contributed by atoms with Crippen molar-refractivity contribution in [3.8, 4) is 0 Å². The lowest BCUT2D eigenvalue weighted by molar-refractivity contribution is -0.139. The van der Waals surface area contributed by atoms with Gasteiger partial charge in [0.05, 0.1) is 12.5 Å². The zero-order chi connectivity index (χ0) is 15.8. The molecule has 2 N–H and O–H groups in total. The van der Waals surface area contributed by atoms with Crippen molar-refractivity contribution >= 4 is 5.97 Å². The number of carboxylic acids is 1. The molecule has 0 bridgehead atoms. The summed E-state index contributed by atoms with van der Waals surface area (Å²) in [7, 11) is 0. The van der Waals surface area contributed by atoms with Crippen LogP contribution in [-0.2, 0) is 4.79 Å². The van der Waals surface area contributed by atoms with E-state index in [4.69, 9.17) is 5.11 Å². The number of aliphatic hydroxyl groups excluding tert-OH is 1. The standard InChI is InChI=1S/C18H32O3/c1-2-3-4-5-6-7-8-9-10-11-12-13-14-15-17(19)16-18(20)21/h7-10,17,19H,2-6,11-16H2,1H3,(H,20,21)/b8-7+,10-9-. The van der Waals surface area contributed by atoms with Crippen molar-refractivity contribution in [2.24, 2.45) is 0 Å². The van der Waals surface area contributed by atoms with Gasteiger partial charge >= 0.3 is 5.97 Å². The van der Waals surface area contributed by atoms with Gasteiger partial charge in [-0.25, -0.2) is 0 Å². The molecular formula is C18H32O3. The molecule has 0 heterocycles. The van der Waals surface area contributed by atoms with Crippen LogP contribution in [0.4, 0.5) is 0 Å². The van der Waals surface area contributed by atoms with E-state index >= 15 is 0 Å². The first-order chi connectivity index (χ1) is 10.2. The zero-order valence-electron chi connectivity index (χ0n) is 13.5. The number of aliphatic carboxylic acids is 1. The van der Waals surface area contributed by atoms with E-state index in [1.165, 1.54) is 32.1 Å². The predicted octanol–water partition coefficient (Wildman–Crippen LogP) is 4.86. The lowest BCUT2D eigenvalue weighted by atomic mass is 10.1. The quantitative estimate of drug-likeness (QED) is 0.355. The molecule has 0 saturated carbocycles. The van der Waals surface area contributed by atoms with Crippen LogP contribution < -0.4 is 0 Å². The Balaban J connectivity index is 3.32. The third kappa shape index (κ3) is 16.9. The van der Waals surface area contributed by atoms with E-state index < -0.39 is 12.1 Å². The molecule has 1 unspecified atom stereocenters. The Morgan fingerprint density at radius 2 is 1.52 bits per heavy atom. The van der Waals surface area contributed by atoms with E-state index in [9.17, 15) is 9.90 Å². The van der Waals surface area contributed by atoms with Crippen LogP contribution in [0.2, 0.25) is 0 Å². The summed E-state index contributed by atoms with van der Waals surface area (Å²) in [5, 5.41) is 17.9. The summed E-state index contributed by atoms with van der Waals surface area (Å²) in [5.41, 5.74) is 0. The zero-order valence-corrected chi connectivity index (χ0v) is 13.5. The maximum absolute atomic E-state index is 10.4. The van der Waals surface area contributed by atoms with Crippen LogP contribution in [0.25, 0.3) is 0 Å². The van der Waals surface area contributed by atoms with Gasteiger partial charge < -0.3 is 10.2 Å². The average Bonchev–Trinajstić information content (AvgIpc) is 2.43. The van der Waals surface area contributed by atoms with Crippen LogP contribution in [0.3, 0.4) is 0 Å². The highest BCUT2D eigenvalue weighted by atomic mass is 16.4. The number of hydrogen-bond donors (Lipinski definition) is 2. The van der Waals surface area contributed by atoms with Crippen LogP contribution in [-0.4, -0.2) is 22.3 Å². The molecule has 21 heavy (non-hydrogen) atoms. The Hall–Kier alpha value is -1.09. The minimum absolute atomic E-state index is 0.136. The number of aliphatic hydroxyl groups is 1. The molecule has 0 rings (SSSR count). The Labute approximate surface area is 129 Å². The fourth-order valence-corrected chi connectivity index (χ4v) is 2.16. The van der Waals surface area contributed by atoms with Crippen molar-refractivity contribution < 1.29 is 15.0 Å². The highest BCUT2D eigenvalue weighted by molar-refractivity contribution is 5.67. The van der Waals surface area contributed by atoms with E-state index in [2.05, 4.69) is 31.2 Å². The van der Waals surface area contributed by atoms with Crippen LogP contribution >= 0.6 is 0 Å². The van der Waals surface area contributed by atoms with Crippen molar-refractivity contribution in [1.82, 2.24) is 0 Å². The smallest absolute Gasteiger partial charge is 0.305 e. The Morgan fingerprint density at radius 1 is 0.952 bits per heavy atom. The van der Waals surface area contributed by atoms with Gasteiger partial charge in [-0.15, -0.1) is 0 Å². The molecule has 0 aliphatic rings. The van der Waals surface area contributed by atoms with E-state index in [1.54, 1.807) is 0 Å². The third-order valence-electron chi connectivity index (χ3n) is 3.43. The first-order valence-corrected chi connectivity index (χ1v) is 8.38. The lowest BCUT2D eigenvalue weighted by Gasteiger charge is -2.06. The fourth-order valence-electron chi connectivity index (χ4n) is 2.16. The molecule has 122 valence electrons. The molecule has 0 radical (unpaired) electrons. The van der Waals surface area contributed by atoms with Crippen molar-refractivity contribution in [1.29, 1.82) is 0 Å². The minimum atomic E-state index is -0.924. The highest BCUT2D eigenvalue weighted by Gasteiger charge is 2.08. The molecule has 0 fully saturated rings. The second-order valence-electron chi connectivity index (χ2n) is 5.60. The summed E-state index contributed by atoms with van der Waals surface area (Å²) in [4.78, 5) is 10.4. The Bertz CT molecular complexity index is 295. The second-order valence-corrected chi connectivity index (χ2v) is 5.60. The summed E-state index contributed by atoms with van der Waals surface area (Å²) >= 11 is 0. The van der Waals surface area contributed by atoms with Gasteiger partial charge in [0.1, 0.15) is 0 Å². The first kappa shape index (κ1) is 19.9. The Kier molecular flexibility index (Phi) is 14.5. The highest BCUT2D eigenvalue weighted by Crippen LogP contribution is 2.08. The third-order valence-corrected chi connectivity index (χ3v) is 3.43. The van der Waals surface area contributed by atoms with Crippen molar-refractivity contribution in [2.45, 2.75) is 83.7 Å². The molecule has 0 aromatic carbocycles. The molecule has 0 aliphatic carbocycles. The average molecular weight is 296 g/mol. The molecule has 3 heteroatoms. The molecule has 0 aliphatic heterocycles. The number of carbonyl (C=O) groups is 1. The first-order valence-electron chi connectivity index (χ1n) is 8.38. The summed E-state index contributed by atoms with van der Waals surface area (Å²) < 4.78 is 0. The summed E-state index contributed by atoms with van der Waals surface area (Å²) in [5.74, 6) is -0.924. The van der Waals surface area contributed by atoms with Gasteiger partial charge in [-0.2, -0.15) is 0 Å². The topological polar surface area (TPSA) is 57.5 Å². The molecule has 0 aromatic heterocycles. The van der Waals surface area contributed by atoms with E-state index in [-0.39, 0.29) is 6.42 Å². The normalized spacial score (nSPS) is 13.2. The number of unbranched alkanes of at least 4 members (excludes halogenated alkanes) is 7. The Morgan fingerprint density at radius 3 is 2.05 bits per heavy atom. The lowest BCUT2D eigenvalue weighted by Crippen LogP contribution is -2.12. The summed E-state index contributed by atoms with van der Waals surface area (Å²) in [6, 6.07) is 0. The number of rotatable bonds is 14. The van der Waals surface area contributed by atoms with Crippen LogP contribution in [0.15, 0.2) is 24.3 Å². The minimum Gasteiger partial charge on any atom is -0.481 e. The number of allylic oxidation sites excluding steroid dienone is 4. The van der Waals surface area contributed by atoms with Gasteiger partial charge in [-0.05, 0) is 32.1 Å². The number of hydrogen-bond acceptors (Lipinski definition) is 2. The molecular weight excluding hydrogens is 264 g/mol. The fraction of sp³-hybridized carbons (Fsp3) is 0.722. The van der Waals surface area contributed by atoms with Gasteiger partial charge in [0.2, 0.25) is 0 Å². The van der Waals surface area contributed by atoms with Gasteiger partial charge in [-0.3, -0.25) is 4.79 Å². The van der Waals surface area contributed by atoms with E-state index in [1.807, 2.05) is 0 Å². The van der Waals surface area contributed by atoms with Gasteiger partial charge in [0.15, 0.2) is 0 Å². The summed E-state index contributed by atoms with van der Waals surface area (Å²) in [6.07, 6.45) is 18.9. The number of carboxylic acid groups (broad SMARTS) is 1. The maximum Gasteiger partial charge on any atom is 0.305 e. The largest absolute Gasteiger partial charge is 0.481 e. The predicted molar refractivity (Wildman–Crippen MR) is 88.4 cm³/mol. The second kappa shape index (κ2) is 15.3. The summed E-state index contributed by atoms with van der Waals surface area (Å²) in [6.45, 7) is 2.23. The van der Waals surface area contributed by atoms with E-state index in [0.717, 1.165) is 25.7 Å². The molecule has 0 aromatic rings. The van der Waals surface area contributed by atoms with E-state index in [0.29, 0.717) is 6.42 Å². The van der Waals surface area contributed by atoms with Crippen molar-refractivity contribution in [2.75, 3.05) is 0 Å². The van der Waals surface area contributed by atoms with Crippen LogP contribution in [0.5, 0.6) is 0 Å². The van der Waals surface area contributed by atoms with Gasteiger partial charge in [0.25, 0.3) is 0 Å². The molecule has 1 atom stereocenters. The van der Waals surface area contributed by atoms with Crippen LogP contribution in [0, 0.1) is 0 Å². The van der Waals surface area contributed by atoms with Crippen LogP contribution in [0.1, 0.15) is 77.6 Å². The monoisotopic (exact) mass is 296 g/mol. The molecule has 0 spiro atoms. The van der Waals surface area contributed by atoms with Gasteiger partial charge in [-0.1, -0.05) is 63.3 Å². The van der Waals surface area contributed by atoms with Crippen molar-refractivity contribution in [3.05, 3.63) is 24.3 Å². The van der Waals surface area contributed by atoms with Gasteiger partial charge in [0, 0.05) is 0 Å². The maximum atomic E-state index is 10.4.